The van der Waals surface area contributed by atoms with Gasteiger partial charge in [0.05, 0.1) is 0 Å². The number of nitrogens with one attached hydrogen (secondary N) is 1. The van der Waals surface area contributed by atoms with Gasteiger partial charge in [-0.2, -0.15) is 0 Å². The maximum absolute atomic E-state index is 4.55. The molecule has 4 heteroatoms. The topological polar surface area (TPSA) is 41.1 Å². The van der Waals surface area contributed by atoms with Crippen molar-refractivity contribution in [3.63, 3.8) is 0 Å². The molecule has 0 radical (unpaired) electrons. The molecule has 20 heavy (non-hydrogen) atoms. The maximum Gasteiger partial charge on any atom is 0.137 e. The minimum absolute atomic E-state index is 0.425. The molecule has 1 heterocycles. The molecule has 1 fully saturated rings. The fourth-order valence-electron chi connectivity index (χ4n) is 2.76. The summed E-state index contributed by atoms with van der Waals surface area (Å²) in [5.74, 6) is 3.38. The normalized spacial score (nSPS) is 15.2. The van der Waals surface area contributed by atoms with Crippen LogP contribution in [-0.2, 0) is 0 Å². The number of aromatic nitrogens is 2. The Bertz CT molecular complexity index is 426. The highest BCUT2D eigenvalue weighted by molar-refractivity contribution is 5.60. The molecule has 1 aromatic rings. The average Bonchev–Trinajstić information content (AvgIpc) is 2.39. The molecule has 112 valence electrons. The summed E-state index contributed by atoms with van der Waals surface area (Å²) < 4.78 is 0. The van der Waals surface area contributed by atoms with E-state index >= 15 is 0 Å². The lowest BCUT2D eigenvalue weighted by Gasteiger charge is -2.32. The van der Waals surface area contributed by atoms with Crippen LogP contribution in [0.1, 0.15) is 57.9 Å². The molecule has 0 unspecified atom stereocenters. The highest BCUT2D eigenvalue weighted by atomic mass is 15.2. The summed E-state index contributed by atoms with van der Waals surface area (Å²) in [5, 5.41) is 3.44. The second-order valence-corrected chi connectivity index (χ2v) is 6.22. The Balaban J connectivity index is 2.20. The van der Waals surface area contributed by atoms with Gasteiger partial charge in [0.1, 0.15) is 18.0 Å². The van der Waals surface area contributed by atoms with Crippen LogP contribution in [0.15, 0.2) is 6.33 Å². The van der Waals surface area contributed by atoms with Gasteiger partial charge < -0.3 is 10.2 Å². The molecule has 1 aliphatic carbocycles. The van der Waals surface area contributed by atoms with Gasteiger partial charge in [-0.25, -0.2) is 9.97 Å². The summed E-state index contributed by atoms with van der Waals surface area (Å²) in [6.45, 7) is 8.69. The molecule has 4 nitrogen and oxygen atoms in total. The zero-order valence-electron chi connectivity index (χ0n) is 13.3. The second kappa shape index (κ2) is 6.91. The summed E-state index contributed by atoms with van der Waals surface area (Å²) in [4.78, 5) is 11.3. The summed E-state index contributed by atoms with van der Waals surface area (Å²) in [6.07, 6.45) is 6.93. The van der Waals surface area contributed by atoms with Gasteiger partial charge in [0.15, 0.2) is 0 Å². The third-order valence-electron chi connectivity index (χ3n) is 4.10. The third kappa shape index (κ3) is 3.41. The molecular formula is C16H28N4. The van der Waals surface area contributed by atoms with E-state index in [1.54, 1.807) is 6.33 Å². The van der Waals surface area contributed by atoms with E-state index in [2.05, 4.69) is 48.0 Å². The minimum atomic E-state index is 0.425. The largest absolute Gasteiger partial charge is 0.370 e. The van der Waals surface area contributed by atoms with Crippen LogP contribution in [0.25, 0.3) is 0 Å². The molecule has 1 saturated carbocycles. The first-order valence-corrected chi connectivity index (χ1v) is 7.93. The van der Waals surface area contributed by atoms with E-state index in [9.17, 15) is 0 Å². The molecule has 0 atom stereocenters. The molecule has 1 aliphatic rings. The minimum Gasteiger partial charge on any atom is -0.370 e. The van der Waals surface area contributed by atoms with E-state index in [-0.39, 0.29) is 0 Å². The Labute approximate surface area is 123 Å². The Hall–Kier alpha value is -1.32. The summed E-state index contributed by atoms with van der Waals surface area (Å²) in [5.41, 5.74) is 1.25. The summed E-state index contributed by atoms with van der Waals surface area (Å²) in [6, 6.07) is 0. The van der Waals surface area contributed by atoms with E-state index in [0.717, 1.165) is 37.1 Å². The van der Waals surface area contributed by atoms with E-state index in [1.807, 2.05) is 0 Å². The fraction of sp³-hybridized carbons (Fsp3) is 0.750. The highest BCUT2D eigenvalue weighted by Gasteiger charge is 2.23. The van der Waals surface area contributed by atoms with E-state index < -0.39 is 0 Å². The van der Waals surface area contributed by atoms with Crippen LogP contribution >= 0.6 is 0 Å². The SMILES string of the molecule is CCCNc1ncnc(N(C)CC2CCC2)c1C(C)C. The molecule has 0 amide bonds. The molecule has 0 spiro atoms. The number of anilines is 2. The average molecular weight is 276 g/mol. The number of hydrogen-bond acceptors (Lipinski definition) is 4. The van der Waals surface area contributed by atoms with Gasteiger partial charge in [-0.3, -0.25) is 0 Å². The van der Waals surface area contributed by atoms with Gasteiger partial charge in [0.2, 0.25) is 0 Å². The van der Waals surface area contributed by atoms with Crippen LogP contribution in [0, 0.1) is 5.92 Å². The van der Waals surface area contributed by atoms with Crippen molar-refractivity contribution in [1.29, 1.82) is 0 Å². The zero-order valence-corrected chi connectivity index (χ0v) is 13.3. The molecule has 0 aromatic carbocycles. The predicted octanol–water partition coefficient (Wildman–Crippen LogP) is 3.66. The van der Waals surface area contributed by atoms with Crippen molar-refractivity contribution >= 4 is 11.6 Å². The van der Waals surface area contributed by atoms with Gasteiger partial charge >= 0.3 is 0 Å². The number of hydrogen-bond donors (Lipinski definition) is 1. The van der Waals surface area contributed by atoms with Gasteiger partial charge in [0.25, 0.3) is 0 Å². The van der Waals surface area contributed by atoms with Crippen molar-refractivity contribution in [3.05, 3.63) is 11.9 Å². The highest BCUT2D eigenvalue weighted by Crippen LogP contribution is 2.33. The van der Waals surface area contributed by atoms with Gasteiger partial charge in [-0.1, -0.05) is 27.2 Å². The monoisotopic (exact) mass is 276 g/mol. The predicted molar refractivity (Wildman–Crippen MR) is 85.5 cm³/mol. The van der Waals surface area contributed by atoms with Crippen LogP contribution in [0.5, 0.6) is 0 Å². The van der Waals surface area contributed by atoms with Crippen LogP contribution in [0.4, 0.5) is 11.6 Å². The molecule has 1 N–H and O–H groups in total. The van der Waals surface area contributed by atoms with E-state index in [1.165, 1.54) is 24.8 Å². The van der Waals surface area contributed by atoms with Gasteiger partial charge in [-0.05, 0) is 31.1 Å². The number of rotatable bonds is 7. The first-order valence-electron chi connectivity index (χ1n) is 7.93. The molecule has 0 bridgehead atoms. The molecule has 1 aromatic heterocycles. The smallest absolute Gasteiger partial charge is 0.137 e. The van der Waals surface area contributed by atoms with Crippen LogP contribution < -0.4 is 10.2 Å². The lowest BCUT2D eigenvalue weighted by atomic mass is 9.85. The number of nitrogens with zero attached hydrogens (tertiary/aromatic N) is 3. The Morgan fingerprint density at radius 1 is 1.35 bits per heavy atom. The Kier molecular flexibility index (Phi) is 5.21. The van der Waals surface area contributed by atoms with Gasteiger partial charge in [-0.15, -0.1) is 0 Å². The molecule has 0 saturated heterocycles. The Morgan fingerprint density at radius 3 is 2.65 bits per heavy atom. The fourth-order valence-corrected chi connectivity index (χ4v) is 2.76. The summed E-state index contributed by atoms with van der Waals surface area (Å²) in [7, 11) is 2.16. The van der Waals surface area contributed by atoms with E-state index in [0.29, 0.717) is 5.92 Å². The first kappa shape index (κ1) is 15.1. The molecule has 0 aliphatic heterocycles. The van der Waals surface area contributed by atoms with Crippen molar-refractivity contribution in [2.45, 2.75) is 52.4 Å². The quantitative estimate of drug-likeness (QED) is 0.825. The molecule has 2 rings (SSSR count). The van der Waals surface area contributed by atoms with Crippen molar-refractivity contribution in [3.8, 4) is 0 Å². The van der Waals surface area contributed by atoms with Gasteiger partial charge in [0, 0.05) is 25.7 Å². The lowest BCUT2D eigenvalue weighted by Crippen LogP contribution is -2.31. The molecular weight excluding hydrogens is 248 g/mol. The van der Waals surface area contributed by atoms with Crippen molar-refractivity contribution in [2.75, 3.05) is 30.4 Å². The van der Waals surface area contributed by atoms with Crippen LogP contribution in [0.3, 0.4) is 0 Å². The lowest BCUT2D eigenvalue weighted by molar-refractivity contribution is 0.321. The second-order valence-electron chi connectivity index (χ2n) is 6.22. The maximum atomic E-state index is 4.55. The van der Waals surface area contributed by atoms with Crippen LogP contribution in [0.2, 0.25) is 0 Å². The van der Waals surface area contributed by atoms with Crippen molar-refractivity contribution < 1.29 is 0 Å². The third-order valence-corrected chi connectivity index (χ3v) is 4.10. The van der Waals surface area contributed by atoms with Crippen LogP contribution in [-0.4, -0.2) is 30.1 Å². The van der Waals surface area contributed by atoms with Crippen molar-refractivity contribution in [1.82, 2.24) is 9.97 Å². The zero-order chi connectivity index (χ0) is 14.5. The van der Waals surface area contributed by atoms with E-state index in [4.69, 9.17) is 0 Å². The standard InChI is InChI=1S/C16H28N4/c1-5-9-17-15-14(12(2)3)16(19-11-18-15)20(4)10-13-7-6-8-13/h11-13H,5-10H2,1-4H3,(H,17,18,19). The summed E-state index contributed by atoms with van der Waals surface area (Å²) >= 11 is 0. The first-order chi connectivity index (χ1) is 9.63. The van der Waals surface area contributed by atoms with Crippen molar-refractivity contribution in [2.24, 2.45) is 5.92 Å². The Morgan fingerprint density at radius 2 is 2.10 bits per heavy atom.